The van der Waals surface area contributed by atoms with Crippen molar-refractivity contribution >= 4 is 11.7 Å². The third kappa shape index (κ3) is 3.75. The first kappa shape index (κ1) is 10.7. The van der Waals surface area contributed by atoms with Crippen molar-refractivity contribution in [2.75, 3.05) is 0 Å². The van der Waals surface area contributed by atoms with Crippen LogP contribution < -0.4 is 11.2 Å². The maximum Gasteiger partial charge on any atom is 0.332 e. The minimum absolute atomic E-state index is 0.638. The maximum atomic E-state index is 10.3. The van der Waals surface area contributed by atoms with E-state index in [4.69, 9.17) is 5.73 Å². The van der Waals surface area contributed by atoms with Gasteiger partial charge in [-0.25, -0.2) is 10.2 Å². The van der Waals surface area contributed by atoms with Gasteiger partial charge in [0.2, 0.25) is 0 Å². The standard InChI is InChI=1S/C8H15N3O/c1-4-7(5-2)6(3)10-11-8(9)12/h4H,5H2,1-3H3,(H3,9,11,12). The van der Waals surface area contributed by atoms with Crippen LogP contribution in [0.4, 0.5) is 4.79 Å². The molecule has 12 heavy (non-hydrogen) atoms. The maximum absolute atomic E-state index is 10.3. The van der Waals surface area contributed by atoms with Crippen LogP contribution >= 0.6 is 0 Å². The zero-order valence-corrected chi connectivity index (χ0v) is 7.72. The molecule has 0 bridgehead atoms. The molecule has 0 aromatic rings. The number of amides is 2. The van der Waals surface area contributed by atoms with Crippen LogP contribution in [0, 0.1) is 0 Å². The fraction of sp³-hybridized carbons (Fsp3) is 0.500. The average molecular weight is 169 g/mol. The van der Waals surface area contributed by atoms with Gasteiger partial charge in [-0.05, 0) is 25.8 Å². The highest BCUT2D eigenvalue weighted by atomic mass is 16.2. The number of urea groups is 1. The number of rotatable bonds is 3. The first-order valence-corrected chi connectivity index (χ1v) is 3.87. The third-order valence-corrected chi connectivity index (χ3v) is 1.53. The lowest BCUT2D eigenvalue weighted by atomic mass is 10.1. The molecule has 3 N–H and O–H groups in total. The number of hydrazone groups is 1. The van der Waals surface area contributed by atoms with Gasteiger partial charge in [0, 0.05) is 0 Å². The van der Waals surface area contributed by atoms with E-state index in [2.05, 4.69) is 10.5 Å². The molecule has 2 amide bonds. The van der Waals surface area contributed by atoms with E-state index < -0.39 is 6.03 Å². The van der Waals surface area contributed by atoms with E-state index in [9.17, 15) is 4.79 Å². The smallest absolute Gasteiger partial charge is 0.332 e. The monoisotopic (exact) mass is 169 g/mol. The number of hydrogen-bond donors (Lipinski definition) is 2. The van der Waals surface area contributed by atoms with E-state index in [1.165, 1.54) is 0 Å². The second-order valence-corrected chi connectivity index (χ2v) is 2.34. The predicted molar refractivity (Wildman–Crippen MR) is 49.9 cm³/mol. The number of nitrogens with two attached hydrogens (primary N) is 1. The van der Waals surface area contributed by atoms with Crippen molar-refractivity contribution < 1.29 is 4.79 Å². The van der Waals surface area contributed by atoms with Crippen LogP contribution in [-0.2, 0) is 0 Å². The van der Waals surface area contributed by atoms with Gasteiger partial charge >= 0.3 is 6.03 Å². The zero-order chi connectivity index (χ0) is 9.56. The van der Waals surface area contributed by atoms with Gasteiger partial charge in [0.1, 0.15) is 0 Å². The van der Waals surface area contributed by atoms with Gasteiger partial charge in [-0.3, -0.25) is 0 Å². The predicted octanol–water partition coefficient (Wildman–Crippen LogP) is 1.39. The van der Waals surface area contributed by atoms with Gasteiger partial charge in [-0.15, -0.1) is 0 Å². The summed E-state index contributed by atoms with van der Waals surface area (Å²) in [6, 6.07) is -0.638. The van der Waals surface area contributed by atoms with Crippen LogP contribution in [0.1, 0.15) is 27.2 Å². The molecule has 0 aliphatic rings. The second-order valence-electron chi connectivity index (χ2n) is 2.34. The molecular formula is C8H15N3O. The van der Waals surface area contributed by atoms with Crippen molar-refractivity contribution in [2.45, 2.75) is 27.2 Å². The topological polar surface area (TPSA) is 67.5 Å². The van der Waals surface area contributed by atoms with Crippen LogP contribution in [0.3, 0.4) is 0 Å². The Morgan fingerprint density at radius 1 is 1.67 bits per heavy atom. The number of primary amides is 1. The number of nitrogens with one attached hydrogen (secondary N) is 1. The van der Waals surface area contributed by atoms with E-state index in [-0.39, 0.29) is 0 Å². The first-order chi connectivity index (χ1) is 5.61. The van der Waals surface area contributed by atoms with Crippen LogP contribution in [-0.4, -0.2) is 11.7 Å². The van der Waals surface area contributed by atoms with Crippen LogP contribution in [0.5, 0.6) is 0 Å². The molecule has 0 aromatic carbocycles. The molecule has 0 radical (unpaired) electrons. The van der Waals surface area contributed by atoms with E-state index in [0.717, 1.165) is 17.7 Å². The number of allylic oxidation sites excluding steroid dienone is 2. The van der Waals surface area contributed by atoms with E-state index in [1.807, 2.05) is 26.8 Å². The summed E-state index contributed by atoms with van der Waals surface area (Å²) in [6.07, 6.45) is 2.85. The summed E-state index contributed by atoms with van der Waals surface area (Å²) in [5, 5.41) is 3.79. The minimum Gasteiger partial charge on any atom is -0.350 e. The molecule has 0 aliphatic carbocycles. The van der Waals surface area contributed by atoms with Crippen molar-refractivity contribution in [1.29, 1.82) is 0 Å². The summed E-state index contributed by atoms with van der Waals surface area (Å²) in [4.78, 5) is 10.3. The Bertz CT molecular complexity index is 218. The Labute approximate surface area is 72.5 Å². The molecule has 0 fully saturated rings. The Hall–Kier alpha value is -1.32. The SMILES string of the molecule is CC=C(CC)C(C)=NNC(N)=O. The van der Waals surface area contributed by atoms with E-state index >= 15 is 0 Å². The van der Waals surface area contributed by atoms with Crippen molar-refractivity contribution in [1.82, 2.24) is 5.43 Å². The zero-order valence-electron chi connectivity index (χ0n) is 7.72. The molecule has 0 saturated heterocycles. The number of carbonyl (C=O) groups excluding carboxylic acids is 1. The molecule has 0 saturated carbocycles. The van der Waals surface area contributed by atoms with Gasteiger partial charge in [-0.2, -0.15) is 5.10 Å². The van der Waals surface area contributed by atoms with Crippen molar-refractivity contribution in [3.05, 3.63) is 11.6 Å². The molecule has 0 aliphatic heterocycles. The summed E-state index contributed by atoms with van der Waals surface area (Å²) >= 11 is 0. The normalized spacial score (nSPS) is 12.9. The highest BCUT2D eigenvalue weighted by Crippen LogP contribution is 2.01. The molecule has 4 heteroatoms. The molecule has 68 valence electrons. The summed E-state index contributed by atoms with van der Waals surface area (Å²) in [5.74, 6) is 0. The number of carbonyl (C=O) groups is 1. The molecule has 4 nitrogen and oxygen atoms in total. The van der Waals surface area contributed by atoms with E-state index in [0.29, 0.717) is 0 Å². The van der Waals surface area contributed by atoms with Crippen molar-refractivity contribution in [3.8, 4) is 0 Å². The van der Waals surface area contributed by atoms with Crippen LogP contribution in [0.2, 0.25) is 0 Å². The highest BCUT2D eigenvalue weighted by molar-refractivity contribution is 5.98. The largest absolute Gasteiger partial charge is 0.350 e. The summed E-state index contributed by atoms with van der Waals surface area (Å²) < 4.78 is 0. The minimum atomic E-state index is -0.638. The summed E-state index contributed by atoms with van der Waals surface area (Å²) in [5.41, 5.74) is 8.92. The van der Waals surface area contributed by atoms with Crippen LogP contribution in [0.25, 0.3) is 0 Å². The van der Waals surface area contributed by atoms with Gasteiger partial charge in [0.25, 0.3) is 0 Å². The fourth-order valence-corrected chi connectivity index (χ4v) is 0.880. The van der Waals surface area contributed by atoms with Gasteiger partial charge < -0.3 is 5.73 Å². The second kappa shape index (κ2) is 5.35. The third-order valence-electron chi connectivity index (χ3n) is 1.53. The molecule has 0 unspecified atom stereocenters. The van der Waals surface area contributed by atoms with Gasteiger partial charge in [0.15, 0.2) is 0 Å². The highest BCUT2D eigenvalue weighted by Gasteiger charge is 1.97. The lowest BCUT2D eigenvalue weighted by Crippen LogP contribution is -2.25. The molecule has 0 spiro atoms. The number of nitrogens with zero attached hydrogens (tertiary/aromatic N) is 1. The summed E-state index contributed by atoms with van der Waals surface area (Å²) in [7, 11) is 0. The Morgan fingerprint density at radius 3 is 2.58 bits per heavy atom. The Morgan fingerprint density at radius 2 is 2.25 bits per heavy atom. The van der Waals surface area contributed by atoms with Crippen molar-refractivity contribution in [3.63, 3.8) is 0 Å². The Kier molecular flexibility index (Phi) is 4.76. The summed E-state index contributed by atoms with van der Waals surface area (Å²) in [6.45, 7) is 5.79. The lowest BCUT2D eigenvalue weighted by Gasteiger charge is -2.02. The molecule has 0 atom stereocenters. The quantitative estimate of drug-likeness (QED) is 0.486. The van der Waals surface area contributed by atoms with Crippen molar-refractivity contribution in [2.24, 2.45) is 10.8 Å². The molecule has 0 rings (SSSR count). The molecule has 0 aromatic heterocycles. The lowest BCUT2D eigenvalue weighted by molar-refractivity contribution is 0.249. The average Bonchev–Trinajstić information content (AvgIpc) is 2.03. The van der Waals surface area contributed by atoms with Gasteiger partial charge in [-0.1, -0.05) is 13.0 Å². The molecular weight excluding hydrogens is 154 g/mol. The van der Waals surface area contributed by atoms with Gasteiger partial charge in [0.05, 0.1) is 5.71 Å². The Balaban J connectivity index is 4.25. The number of hydrogen-bond acceptors (Lipinski definition) is 2. The fourth-order valence-electron chi connectivity index (χ4n) is 0.880. The van der Waals surface area contributed by atoms with Crippen LogP contribution in [0.15, 0.2) is 16.8 Å². The van der Waals surface area contributed by atoms with E-state index in [1.54, 1.807) is 0 Å². The first-order valence-electron chi connectivity index (χ1n) is 3.87. The molecule has 0 heterocycles.